The number of imide groups is 1. The summed E-state index contributed by atoms with van der Waals surface area (Å²) in [5.74, 6) is -1.89. The molecule has 1 saturated heterocycles. The highest BCUT2D eigenvalue weighted by atomic mass is 35.5. The van der Waals surface area contributed by atoms with E-state index in [9.17, 15) is 27.9 Å². The first-order valence-corrected chi connectivity index (χ1v) is 11.1. The number of halogens is 4. The second kappa shape index (κ2) is 9.77. The molecule has 172 valence electrons. The van der Waals surface area contributed by atoms with Crippen molar-refractivity contribution in [3.8, 4) is 0 Å². The van der Waals surface area contributed by atoms with E-state index < -0.39 is 48.6 Å². The van der Waals surface area contributed by atoms with Crippen LogP contribution in [0.1, 0.15) is 49.7 Å². The summed E-state index contributed by atoms with van der Waals surface area (Å²) in [6, 6.07) is 1.63. The van der Waals surface area contributed by atoms with Crippen molar-refractivity contribution in [3.05, 3.63) is 34.3 Å². The Balaban J connectivity index is 1.64. The third kappa shape index (κ3) is 5.34. The first kappa shape index (κ1) is 23.9. The van der Waals surface area contributed by atoms with Crippen LogP contribution in [-0.4, -0.2) is 46.8 Å². The Labute approximate surface area is 184 Å². The molecule has 3 atom stereocenters. The van der Waals surface area contributed by atoms with Crippen molar-refractivity contribution in [1.29, 1.82) is 0 Å². The number of urea groups is 1. The van der Waals surface area contributed by atoms with E-state index in [4.69, 9.17) is 11.6 Å². The number of rotatable bonds is 6. The summed E-state index contributed by atoms with van der Waals surface area (Å²) in [7, 11) is 0. The van der Waals surface area contributed by atoms with Gasteiger partial charge < -0.3 is 10.4 Å². The Morgan fingerprint density at radius 2 is 1.97 bits per heavy atom. The second-order valence-corrected chi connectivity index (χ2v) is 8.97. The number of carbonyl (C=O) groups excluding carboxylic acids is 2. The van der Waals surface area contributed by atoms with Crippen molar-refractivity contribution in [2.45, 2.75) is 70.1 Å². The Hall–Kier alpha value is -1.80. The summed E-state index contributed by atoms with van der Waals surface area (Å²) in [5.41, 5.74) is 1.86. The monoisotopic (exact) mass is 460 g/mol. The number of likely N-dealkylation sites (tertiary alicyclic amines) is 1. The third-order valence-corrected chi connectivity index (χ3v) is 6.80. The first-order valence-electron chi connectivity index (χ1n) is 10.7. The first-order chi connectivity index (χ1) is 14.6. The largest absolute Gasteiger partial charge is 0.408 e. The summed E-state index contributed by atoms with van der Waals surface area (Å²) in [5, 5.41) is 12.3. The van der Waals surface area contributed by atoms with Crippen LogP contribution in [-0.2, 0) is 11.2 Å². The zero-order valence-corrected chi connectivity index (χ0v) is 18.2. The summed E-state index contributed by atoms with van der Waals surface area (Å²) >= 11 is 6.19. The van der Waals surface area contributed by atoms with E-state index in [-0.39, 0.29) is 0 Å². The van der Waals surface area contributed by atoms with E-state index in [2.05, 4.69) is 0 Å². The van der Waals surface area contributed by atoms with E-state index >= 15 is 0 Å². The van der Waals surface area contributed by atoms with E-state index in [1.165, 1.54) is 0 Å². The van der Waals surface area contributed by atoms with Gasteiger partial charge in [0.15, 0.2) is 0 Å². The number of aliphatic hydroxyl groups excluding tert-OH is 1. The van der Waals surface area contributed by atoms with Gasteiger partial charge in [-0.2, -0.15) is 13.2 Å². The molecule has 0 radical (unpaired) electrons. The van der Waals surface area contributed by atoms with Gasteiger partial charge in [0.1, 0.15) is 6.04 Å². The van der Waals surface area contributed by atoms with Crippen molar-refractivity contribution in [1.82, 2.24) is 10.2 Å². The maximum absolute atomic E-state index is 13.6. The van der Waals surface area contributed by atoms with Gasteiger partial charge in [-0.3, -0.25) is 9.69 Å². The number of nitrogens with zero attached hydrogens (tertiary/aromatic N) is 1. The highest BCUT2D eigenvalue weighted by Crippen LogP contribution is 2.36. The minimum atomic E-state index is -4.60. The van der Waals surface area contributed by atoms with E-state index in [1.54, 1.807) is 6.07 Å². The lowest BCUT2D eigenvalue weighted by molar-refractivity contribution is -0.170. The molecule has 1 saturated carbocycles. The third-order valence-electron chi connectivity index (χ3n) is 6.44. The van der Waals surface area contributed by atoms with Gasteiger partial charge >= 0.3 is 12.2 Å². The number of aliphatic hydroxyl groups is 1. The van der Waals surface area contributed by atoms with Gasteiger partial charge in [-0.1, -0.05) is 48.6 Å². The molecular weight excluding hydrogens is 433 g/mol. The van der Waals surface area contributed by atoms with Crippen molar-refractivity contribution in [2.75, 3.05) is 6.61 Å². The van der Waals surface area contributed by atoms with Gasteiger partial charge in [0, 0.05) is 5.02 Å². The van der Waals surface area contributed by atoms with Gasteiger partial charge in [-0.05, 0) is 50.2 Å². The van der Waals surface area contributed by atoms with Crippen molar-refractivity contribution in [2.24, 2.45) is 11.8 Å². The average molecular weight is 461 g/mol. The van der Waals surface area contributed by atoms with Crippen LogP contribution in [0.4, 0.5) is 18.0 Å². The second-order valence-electron chi connectivity index (χ2n) is 8.57. The molecule has 3 rings (SSSR count). The van der Waals surface area contributed by atoms with Crippen LogP contribution < -0.4 is 5.32 Å². The molecule has 2 fully saturated rings. The van der Waals surface area contributed by atoms with Crippen LogP contribution in [0.5, 0.6) is 0 Å². The van der Waals surface area contributed by atoms with Gasteiger partial charge in [0.05, 0.1) is 18.6 Å². The predicted molar refractivity (Wildman–Crippen MR) is 111 cm³/mol. The number of benzene rings is 1. The molecule has 0 bridgehead atoms. The number of aryl methyl sites for hydroxylation is 2. The molecule has 2 unspecified atom stereocenters. The lowest BCUT2D eigenvalue weighted by Gasteiger charge is -2.45. The SMILES string of the molecule is Cc1ccc(Cl)c(CC[C@H]2C(=O)N(C(=O)NC(C3CCCCC3)C(F)(F)F)C2CO)c1. The van der Waals surface area contributed by atoms with E-state index in [1.807, 2.05) is 24.4 Å². The lowest BCUT2D eigenvalue weighted by atomic mass is 9.82. The molecule has 1 heterocycles. The molecule has 31 heavy (non-hydrogen) atoms. The van der Waals surface area contributed by atoms with Gasteiger partial charge in [0.25, 0.3) is 0 Å². The summed E-state index contributed by atoms with van der Waals surface area (Å²) in [4.78, 5) is 25.9. The molecular formula is C22H28ClF3N2O3. The van der Waals surface area contributed by atoms with Crippen LogP contribution in [0.25, 0.3) is 0 Å². The molecule has 3 amide bonds. The number of hydrogen-bond acceptors (Lipinski definition) is 3. The molecule has 1 aromatic rings. The number of β-lactam (4-membered cyclic amide) rings is 1. The molecule has 5 nitrogen and oxygen atoms in total. The fourth-order valence-electron chi connectivity index (χ4n) is 4.72. The zero-order valence-electron chi connectivity index (χ0n) is 17.4. The number of hydrogen-bond donors (Lipinski definition) is 2. The number of alkyl halides is 3. The van der Waals surface area contributed by atoms with Crippen LogP contribution in [0, 0.1) is 18.8 Å². The molecule has 9 heteroatoms. The molecule has 1 aliphatic heterocycles. The smallest absolute Gasteiger partial charge is 0.394 e. The van der Waals surface area contributed by atoms with Crippen molar-refractivity contribution in [3.63, 3.8) is 0 Å². The number of amides is 3. The molecule has 2 N–H and O–H groups in total. The normalized spacial score (nSPS) is 23.4. The number of carbonyl (C=O) groups is 2. The molecule has 1 aliphatic carbocycles. The Kier molecular flexibility index (Phi) is 7.52. The highest BCUT2D eigenvalue weighted by Gasteiger charge is 2.52. The molecule has 1 aromatic carbocycles. The number of nitrogens with one attached hydrogen (secondary N) is 1. The van der Waals surface area contributed by atoms with Crippen LogP contribution >= 0.6 is 11.6 Å². The van der Waals surface area contributed by atoms with Crippen molar-refractivity contribution >= 4 is 23.5 Å². The minimum Gasteiger partial charge on any atom is -0.394 e. The Bertz CT molecular complexity index is 812. The van der Waals surface area contributed by atoms with E-state index in [0.717, 1.165) is 22.4 Å². The van der Waals surface area contributed by atoms with Gasteiger partial charge in [-0.25, -0.2) is 4.79 Å². The Morgan fingerprint density at radius 1 is 1.29 bits per heavy atom. The quantitative estimate of drug-likeness (QED) is 0.608. The Morgan fingerprint density at radius 3 is 2.58 bits per heavy atom. The fourth-order valence-corrected chi connectivity index (χ4v) is 4.94. The summed E-state index contributed by atoms with van der Waals surface area (Å²) in [6.07, 6.45) is -0.723. The van der Waals surface area contributed by atoms with E-state index in [0.29, 0.717) is 43.5 Å². The van der Waals surface area contributed by atoms with Crippen LogP contribution in [0.3, 0.4) is 0 Å². The average Bonchev–Trinajstić information content (AvgIpc) is 2.72. The standard InChI is InChI=1S/C22H28ClF3N2O3/c1-13-7-10-17(23)15(11-13)8-9-16-18(12-29)28(20(16)30)21(31)27-19(22(24,25)26)14-5-3-2-4-6-14/h7,10-11,14,16,18-19,29H,2-6,8-9,12H2,1H3,(H,27,31)/t16-,18?,19?/m1/s1. The maximum atomic E-state index is 13.6. The maximum Gasteiger partial charge on any atom is 0.408 e. The topological polar surface area (TPSA) is 69.6 Å². The lowest BCUT2D eigenvalue weighted by Crippen LogP contribution is -2.68. The summed E-state index contributed by atoms with van der Waals surface area (Å²) in [6.45, 7) is 1.42. The van der Waals surface area contributed by atoms with Crippen molar-refractivity contribution < 1.29 is 27.9 Å². The minimum absolute atomic E-state index is 0.350. The summed E-state index contributed by atoms with van der Waals surface area (Å²) < 4.78 is 40.8. The van der Waals surface area contributed by atoms with Gasteiger partial charge in [-0.15, -0.1) is 0 Å². The molecule has 0 spiro atoms. The van der Waals surface area contributed by atoms with Gasteiger partial charge in [0.2, 0.25) is 5.91 Å². The highest BCUT2D eigenvalue weighted by molar-refractivity contribution is 6.31. The van der Waals surface area contributed by atoms with Crippen LogP contribution in [0.15, 0.2) is 18.2 Å². The molecule has 0 aromatic heterocycles. The fraction of sp³-hybridized carbons (Fsp3) is 0.636. The molecule has 2 aliphatic rings. The van der Waals surface area contributed by atoms with Crippen LogP contribution in [0.2, 0.25) is 5.02 Å². The zero-order chi connectivity index (χ0) is 22.8. The predicted octanol–water partition coefficient (Wildman–Crippen LogP) is 4.62.